The fraction of sp³-hybridized carbons (Fsp3) is 0.400. The minimum atomic E-state index is -0.456. The van der Waals surface area contributed by atoms with E-state index in [4.69, 9.17) is 9.47 Å². The van der Waals surface area contributed by atoms with Crippen LogP contribution in [0.4, 0.5) is 16.2 Å². The highest BCUT2D eigenvalue weighted by Crippen LogP contribution is 2.29. The molecule has 0 saturated carbocycles. The normalized spacial score (nSPS) is 19.8. The monoisotopic (exact) mass is 666 g/mol. The number of ether oxygens (including phenoxy) is 2. The van der Waals surface area contributed by atoms with Gasteiger partial charge >= 0.3 is 6.03 Å². The van der Waals surface area contributed by atoms with E-state index in [0.717, 1.165) is 36.6 Å². The number of benzene rings is 4. The first kappa shape index (κ1) is 35.9. The lowest BCUT2D eigenvalue weighted by molar-refractivity contribution is -0.0177. The number of likely N-dealkylation sites (N-methyl/N-ethyl adjacent to an activating group) is 1. The number of hydrogen-bond donors (Lipinski definition) is 3. The number of aliphatic hydroxyl groups is 1. The average Bonchev–Trinajstić information content (AvgIpc) is 3.10. The molecule has 49 heavy (non-hydrogen) atoms. The highest BCUT2D eigenvalue weighted by Gasteiger charge is 2.30. The predicted octanol–water partition coefficient (Wildman–Crippen LogP) is 7.41. The Labute approximate surface area is 290 Å². The summed E-state index contributed by atoms with van der Waals surface area (Å²) in [4.78, 5) is 31.6. The Morgan fingerprint density at radius 3 is 2.53 bits per heavy atom. The zero-order valence-corrected chi connectivity index (χ0v) is 29.1. The van der Waals surface area contributed by atoms with Crippen molar-refractivity contribution in [3.63, 3.8) is 0 Å². The summed E-state index contributed by atoms with van der Waals surface area (Å²) in [5.74, 6) is 0.144. The molecule has 9 heteroatoms. The second kappa shape index (κ2) is 17.3. The van der Waals surface area contributed by atoms with Crippen LogP contribution in [0, 0.1) is 5.92 Å². The molecule has 0 unspecified atom stereocenters. The molecular weight excluding hydrogens is 616 g/mol. The first-order valence-corrected chi connectivity index (χ1v) is 17.3. The minimum absolute atomic E-state index is 0.0322. The number of fused-ring (bicyclic) bond motifs is 2. The van der Waals surface area contributed by atoms with Gasteiger partial charge in [0.05, 0.1) is 36.1 Å². The van der Waals surface area contributed by atoms with Crippen LogP contribution in [0.2, 0.25) is 0 Å². The van der Waals surface area contributed by atoms with Crippen LogP contribution in [-0.2, 0) is 11.3 Å². The van der Waals surface area contributed by atoms with Crippen molar-refractivity contribution in [2.24, 2.45) is 5.92 Å². The van der Waals surface area contributed by atoms with Gasteiger partial charge in [-0.1, -0.05) is 73.7 Å². The maximum Gasteiger partial charge on any atom is 0.323 e. The van der Waals surface area contributed by atoms with E-state index in [1.807, 2.05) is 74.5 Å². The standard InChI is InChI=1S/C40H50N4O5/c1-28-24-44(29(2)27-45)39(46)35-23-33(41-40(47)42-36-19-12-17-32-16-8-9-18-34(32)36)20-21-37(35)49-30(3)13-10-11-22-48-38(28)26-43(4)25-31-14-6-5-7-15-31/h5-9,12,14-21,23,28-30,38,45H,10-11,13,22,24-27H2,1-4H3,(H2,41,42,47)/t28-,29-,30-,38+/m0/s1. The maximum absolute atomic E-state index is 14.5. The summed E-state index contributed by atoms with van der Waals surface area (Å²) in [6.45, 7) is 8.23. The summed E-state index contributed by atoms with van der Waals surface area (Å²) in [7, 11) is 2.09. The maximum atomic E-state index is 14.5. The summed E-state index contributed by atoms with van der Waals surface area (Å²) in [6, 6.07) is 28.2. The number of carbonyl (C=O) groups excluding carboxylic acids is 2. The number of nitrogens with one attached hydrogen (secondary N) is 2. The molecule has 0 bridgehead atoms. The molecule has 3 N–H and O–H groups in total. The molecule has 1 aliphatic heterocycles. The molecule has 4 aromatic carbocycles. The number of hydrogen-bond acceptors (Lipinski definition) is 6. The van der Waals surface area contributed by atoms with Crippen molar-refractivity contribution in [3.8, 4) is 5.75 Å². The molecule has 5 rings (SSSR count). The lowest BCUT2D eigenvalue weighted by Gasteiger charge is -2.36. The van der Waals surface area contributed by atoms with Gasteiger partial charge in [0.25, 0.3) is 5.91 Å². The predicted molar refractivity (Wildman–Crippen MR) is 196 cm³/mol. The largest absolute Gasteiger partial charge is 0.490 e. The molecule has 3 amide bonds. The Kier molecular flexibility index (Phi) is 12.6. The molecular formula is C40H50N4O5. The summed E-state index contributed by atoms with van der Waals surface area (Å²) in [5, 5.41) is 18.1. The highest BCUT2D eigenvalue weighted by atomic mass is 16.5. The van der Waals surface area contributed by atoms with Crippen molar-refractivity contribution in [3.05, 3.63) is 102 Å². The summed E-state index contributed by atoms with van der Waals surface area (Å²) in [5.41, 5.74) is 2.70. The third-order valence-electron chi connectivity index (χ3n) is 9.13. The van der Waals surface area contributed by atoms with Gasteiger partial charge in [-0.15, -0.1) is 0 Å². The van der Waals surface area contributed by atoms with E-state index in [9.17, 15) is 14.7 Å². The van der Waals surface area contributed by atoms with Gasteiger partial charge < -0.3 is 30.1 Å². The van der Waals surface area contributed by atoms with Gasteiger partial charge in [-0.25, -0.2) is 4.79 Å². The second-order valence-corrected chi connectivity index (χ2v) is 13.3. The van der Waals surface area contributed by atoms with Gasteiger partial charge in [-0.3, -0.25) is 9.69 Å². The zero-order valence-electron chi connectivity index (χ0n) is 29.1. The van der Waals surface area contributed by atoms with Crippen molar-refractivity contribution < 1.29 is 24.2 Å². The molecule has 1 aliphatic rings. The van der Waals surface area contributed by atoms with Crippen LogP contribution in [0.5, 0.6) is 5.75 Å². The Hall–Kier alpha value is -4.44. The van der Waals surface area contributed by atoms with Crippen LogP contribution in [0.1, 0.15) is 56.0 Å². The fourth-order valence-corrected chi connectivity index (χ4v) is 6.35. The van der Waals surface area contributed by atoms with E-state index >= 15 is 0 Å². The molecule has 0 fully saturated rings. The van der Waals surface area contributed by atoms with Crippen LogP contribution in [0.25, 0.3) is 10.8 Å². The van der Waals surface area contributed by atoms with Crippen LogP contribution in [0.3, 0.4) is 0 Å². The number of amides is 3. The number of urea groups is 1. The quantitative estimate of drug-likeness (QED) is 0.181. The van der Waals surface area contributed by atoms with E-state index in [2.05, 4.69) is 41.6 Å². The molecule has 0 radical (unpaired) electrons. The van der Waals surface area contributed by atoms with Crippen molar-refractivity contribution in [1.29, 1.82) is 0 Å². The molecule has 4 atom stereocenters. The molecule has 260 valence electrons. The molecule has 1 heterocycles. The van der Waals surface area contributed by atoms with Crippen LogP contribution in [0.15, 0.2) is 91.0 Å². The fourth-order valence-electron chi connectivity index (χ4n) is 6.35. The van der Waals surface area contributed by atoms with Gasteiger partial charge in [0.15, 0.2) is 0 Å². The van der Waals surface area contributed by atoms with Crippen LogP contribution in [-0.4, -0.2) is 78.4 Å². The smallest absolute Gasteiger partial charge is 0.323 e. The van der Waals surface area contributed by atoms with Crippen molar-refractivity contribution in [2.45, 2.75) is 64.8 Å². The third-order valence-corrected chi connectivity index (χ3v) is 9.13. The van der Waals surface area contributed by atoms with Gasteiger partial charge in [0, 0.05) is 43.2 Å². The highest BCUT2D eigenvalue weighted by molar-refractivity contribution is 6.07. The van der Waals surface area contributed by atoms with Gasteiger partial charge in [0.2, 0.25) is 0 Å². The molecule has 4 aromatic rings. The summed E-state index contributed by atoms with van der Waals surface area (Å²) in [6.07, 6.45) is 2.36. The summed E-state index contributed by atoms with van der Waals surface area (Å²) >= 11 is 0. The zero-order chi connectivity index (χ0) is 34.8. The van der Waals surface area contributed by atoms with Crippen molar-refractivity contribution in [1.82, 2.24) is 9.80 Å². The Bertz CT molecular complexity index is 1680. The Morgan fingerprint density at radius 1 is 0.980 bits per heavy atom. The third kappa shape index (κ3) is 9.81. The van der Waals surface area contributed by atoms with E-state index in [-0.39, 0.29) is 30.6 Å². The SMILES string of the molecule is C[C@H]1CCCCO[C@H](CN(C)Cc2ccccc2)[C@@H](C)CN([C@@H](C)CO)C(=O)c2cc(NC(=O)Nc3cccc4ccccc34)ccc2O1. The number of rotatable bonds is 8. The van der Waals surface area contributed by atoms with Crippen LogP contribution >= 0.6 is 0 Å². The number of nitrogens with zero attached hydrogens (tertiary/aromatic N) is 2. The Balaban J connectivity index is 1.39. The van der Waals surface area contributed by atoms with E-state index < -0.39 is 12.1 Å². The molecule has 0 aliphatic carbocycles. The first-order valence-electron chi connectivity index (χ1n) is 17.3. The van der Waals surface area contributed by atoms with Gasteiger partial charge in [-0.05, 0) is 75.4 Å². The van der Waals surface area contributed by atoms with Crippen molar-refractivity contribution in [2.75, 3.05) is 44.0 Å². The topological polar surface area (TPSA) is 103 Å². The molecule has 0 spiro atoms. The molecule has 9 nitrogen and oxygen atoms in total. The van der Waals surface area contributed by atoms with Gasteiger partial charge in [-0.2, -0.15) is 0 Å². The van der Waals surface area contributed by atoms with E-state index in [1.54, 1.807) is 23.1 Å². The summed E-state index contributed by atoms with van der Waals surface area (Å²) < 4.78 is 12.9. The Morgan fingerprint density at radius 2 is 1.73 bits per heavy atom. The lowest BCUT2D eigenvalue weighted by atomic mass is 10.0. The number of anilines is 2. The lowest BCUT2D eigenvalue weighted by Crippen LogP contribution is -2.47. The van der Waals surface area contributed by atoms with Gasteiger partial charge in [0.1, 0.15) is 5.75 Å². The second-order valence-electron chi connectivity index (χ2n) is 13.3. The number of carbonyl (C=O) groups is 2. The minimum Gasteiger partial charge on any atom is -0.490 e. The van der Waals surface area contributed by atoms with Crippen molar-refractivity contribution >= 4 is 34.1 Å². The average molecular weight is 667 g/mol. The molecule has 0 saturated heterocycles. The number of aliphatic hydroxyl groups excluding tert-OH is 1. The first-order chi connectivity index (χ1) is 23.7. The van der Waals surface area contributed by atoms with Crippen LogP contribution < -0.4 is 15.4 Å². The molecule has 0 aromatic heterocycles. The van der Waals surface area contributed by atoms with E-state index in [0.29, 0.717) is 42.4 Å². The van der Waals surface area contributed by atoms with E-state index in [1.165, 1.54) is 5.56 Å².